The highest BCUT2D eigenvalue weighted by molar-refractivity contribution is 5.86. The lowest BCUT2D eigenvalue weighted by Crippen LogP contribution is -2.53. The third-order valence-corrected chi connectivity index (χ3v) is 6.76. The summed E-state index contributed by atoms with van der Waals surface area (Å²) in [4.78, 5) is 30.1. The van der Waals surface area contributed by atoms with Crippen molar-refractivity contribution in [1.82, 2.24) is 4.90 Å². The van der Waals surface area contributed by atoms with Crippen LogP contribution >= 0.6 is 0 Å². The molecule has 6 heteroatoms. The number of anilines is 1. The van der Waals surface area contributed by atoms with Gasteiger partial charge in [-0.05, 0) is 37.0 Å². The van der Waals surface area contributed by atoms with Crippen LogP contribution < -0.4 is 4.90 Å². The zero-order valence-electron chi connectivity index (χ0n) is 17.9. The number of hydrogen-bond acceptors (Lipinski definition) is 5. The first-order chi connectivity index (χ1) is 15.0. The number of aliphatic hydroxyl groups is 1. The van der Waals surface area contributed by atoms with Crippen LogP contribution in [0.1, 0.15) is 24.8 Å². The Labute approximate surface area is 183 Å². The number of methoxy groups -OCH3 is 1. The molecule has 2 aromatic carbocycles. The van der Waals surface area contributed by atoms with Crippen LogP contribution in [0.25, 0.3) is 0 Å². The van der Waals surface area contributed by atoms with Gasteiger partial charge in [-0.15, -0.1) is 0 Å². The second-order valence-corrected chi connectivity index (χ2v) is 8.52. The van der Waals surface area contributed by atoms with Gasteiger partial charge in [0.05, 0.1) is 24.5 Å². The number of nitrogens with zero attached hydrogens (tertiary/aromatic N) is 2. The average Bonchev–Trinajstić information content (AvgIpc) is 2.84. The highest BCUT2D eigenvalue weighted by atomic mass is 16.5. The van der Waals surface area contributed by atoms with Crippen molar-refractivity contribution >= 4 is 17.6 Å². The third kappa shape index (κ3) is 4.44. The molecule has 0 bridgehead atoms. The van der Waals surface area contributed by atoms with E-state index in [1.807, 2.05) is 53.4 Å². The molecule has 3 atom stereocenters. The lowest BCUT2D eigenvalue weighted by Gasteiger charge is -2.43. The Hall–Kier alpha value is -2.86. The number of rotatable bonds is 4. The Morgan fingerprint density at radius 1 is 0.935 bits per heavy atom. The number of benzene rings is 2. The fourth-order valence-electron chi connectivity index (χ4n) is 4.97. The molecule has 2 aromatic rings. The number of hydrogen-bond donors (Lipinski definition) is 1. The molecule has 4 rings (SSSR count). The summed E-state index contributed by atoms with van der Waals surface area (Å²) >= 11 is 0. The summed E-state index contributed by atoms with van der Waals surface area (Å²) in [5.41, 5.74) is 0.821. The fraction of sp³-hybridized carbons (Fsp3) is 0.440. The molecule has 164 valence electrons. The normalized spacial score (nSPS) is 26.4. The summed E-state index contributed by atoms with van der Waals surface area (Å²) in [7, 11) is 1.35. The monoisotopic (exact) mass is 422 g/mol. The third-order valence-electron chi connectivity index (χ3n) is 6.76. The first-order valence-electron chi connectivity index (χ1n) is 11.0. The molecule has 1 saturated carbocycles. The number of carbonyl (C=O) groups is 2. The van der Waals surface area contributed by atoms with Crippen LogP contribution in [0.15, 0.2) is 60.7 Å². The van der Waals surface area contributed by atoms with E-state index in [4.69, 9.17) is 4.74 Å². The lowest BCUT2D eigenvalue weighted by molar-refractivity contribution is -0.161. The number of ether oxygens (including phenoxy) is 1. The standard InChI is InChI=1S/C25H30N2O4/c1-31-24(29)22-18-25(30,19-8-4-2-5-9-19)13-12-21(22)23(28)27-16-14-26(15-17-27)20-10-6-3-7-11-20/h2-11,21-22,30H,12-18H2,1H3/t21-,22-,25?/m0/s1. The molecule has 1 heterocycles. The molecule has 0 aromatic heterocycles. The maximum Gasteiger partial charge on any atom is 0.309 e. The Balaban J connectivity index is 1.45. The minimum absolute atomic E-state index is 0.00165. The molecular formula is C25H30N2O4. The Morgan fingerprint density at radius 2 is 1.55 bits per heavy atom. The van der Waals surface area contributed by atoms with Gasteiger partial charge in [-0.1, -0.05) is 48.5 Å². The van der Waals surface area contributed by atoms with Gasteiger partial charge in [0.25, 0.3) is 0 Å². The van der Waals surface area contributed by atoms with Crippen molar-refractivity contribution in [3.63, 3.8) is 0 Å². The number of para-hydroxylation sites is 1. The average molecular weight is 423 g/mol. The van der Waals surface area contributed by atoms with E-state index in [1.54, 1.807) is 0 Å². The highest BCUT2D eigenvalue weighted by Crippen LogP contribution is 2.44. The molecule has 31 heavy (non-hydrogen) atoms. The molecule has 2 aliphatic rings. The van der Waals surface area contributed by atoms with E-state index in [0.29, 0.717) is 25.9 Å². The zero-order chi connectivity index (χ0) is 21.8. The minimum Gasteiger partial charge on any atom is -0.469 e. The van der Waals surface area contributed by atoms with Crippen molar-refractivity contribution in [1.29, 1.82) is 0 Å². The molecule has 1 saturated heterocycles. The molecule has 1 aliphatic heterocycles. The van der Waals surface area contributed by atoms with Crippen molar-refractivity contribution < 1.29 is 19.4 Å². The van der Waals surface area contributed by atoms with Gasteiger partial charge in [0.2, 0.25) is 5.91 Å². The van der Waals surface area contributed by atoms with Crippen LogP contribution in [-0.4, -0.2) is 55.2 Å². The van der Waals surface area contributed by atoms with Gasteiger partial charge in [0.1, 0.15) is 0 Å². The van der Waals surface area contributed by atoms with Crippen molar-refractivity contribution in [3.05, 3.63) is 66.2 Å². The van der Waals surface area contributed by atoms with E-state index < -0.39 is 23.4 Å². The number of amides is 1. The molecular weight excluding hydrogens is 392 g/mol. The van der Waals surface area contributed by atoms with Crippen LogP contribution in [-0.2, 0) is 19.9 Å². The topological polar surface area (TPSA) is 70.1 Å². The van der Waals surface area contributed by atoms with E-state index in [2.05, 4.69) is 17.0 Å². The van der Waals surface area contributed by atoms with Gasteiger partial charge in [0.15, 0.2) is 0 Å². The largest absolute Gasteiger partial charge is 0.469 e. The van der Waals surface area contributed by atoms with E-state index in [-0.39, 0.29) is 12.3 Å². The Bertz CT molecular complexity index is 896. The van der Waals surface area contributed by atoms with Crippen molar-refractivity contribution in [2.45, 2.75) is 24.9 Å². The highest BCUT2D eigenvalue weighted by Gasteiger charge is 2.48. The maximum absolute atomic E-state index is 13.4. The predicted octanol–water partition coefficient (Wildman–Crippen LogP) is 2.81. The molecule has 0 spiro atoms. The molecule has 1 amide bonds. The Morgan fingerprint density at radius 3 is 2.16 bits per heavy atom. The van der Waals surface area contributed by atoms with Crippen LogP contribution in [0.3, 0.4) is 0 Å². The number of piperazine rings is 1. The quantitative estimate of drug-likeness (QED) is 0.768. The smallest absolute Gasteiger partial charge is 0.309 e. The van der Waals surface area contributed by atoms with Crippen molar-refractivity contribution in [2.24, 2.45) is 11.8 Å². The van der Waals surface area contributed by atoms with Crippen molar-refractivity contribution in [3.8, 4) is 0 Å². The maximum atomic E-state index is 13.4. The summed E-state index contributed by atoms with van der Waals surface area (Å²) in [5, 5.41) is 11.3. The van der Waals surface area contributed by atoms with Gasteiger partial charge in [-0.3, -0.25) is 9.59 Å². The minimum atomic E-state index is -1.12. The van der Waals surface area contributed by atoms with Gasteiger partial charge >= 0.3 is 5.97 Å². The molecule has 1 aliphatic carbocycles. The number of carbonyl (C=O) groups excluding carboxylic acids is 2. The summed E-state index contributed by atoms with van der Waals surface area (Å²) in [6, 6.07) is 19.6. The molecule has 6 nitrogen and oxygen atoms in total. The summed E-state index contributed by atoms with van der Waals surface area (Å²) in [6.07, 6.45) is 1.11. The second-order valence-electron chi connectivity index (χ2n) is 8.52. The zero-order valence-corrected chi connectivity index (χ0v) is 17.9. The van der Waals surface area contributed by atoms with Crippen LogP contribution in [0.2, 0.25) is 0 Å². The van der Waals surface area contributed by atoms with Gasteiger partial charge in [-0.2, -0.15) is 0 Å². The van der Waals surface area contributed by atoms with Gasteiger partial charge < -0.3 is 19.6 Å². The lowest BCUT2D eigenvalue weighted by atomic mass is 9.68. The molecule has 2 fully saturated rings. The first kappa shape index (κ1) is 21.4. The molecule has 0 radical (unpaired) electrons. The summed E-state index contributed by atoms with van der Waals surface area (Å²) in [5.74, 6) is -1.53. The molecule has 1 N–H and O–H groups in total. The summed E-state index contributed by atoms with van der Waals surface area (Å²) in [6.45, 7) is 2.78. The predicted molar refractivity (Wildman–Crippen MR) is 118 cm³/mol. The molecule has 1 unspecified atom stereocenters. The van der Waals surface area contributed by atoms with Gasteiger partial charge in [0, 0.05) is 31.9 Å². The van der Waals surface area contributed by atoms with E-state index in [1.165, 1.54) is 7.11 Å². The fourth-order valence-corrected chi connectivity index (χ4v) is 4.97. The van der Waals surface area contributed by atoms with Gasteiger partial charge in [-0.25, -0.2) is 0 Å². The SMILES string of the molecule is COC(=O)[C@H]1CC(O)(c2ccccc2)CC[C@@H]1C(=O)N1CCN(c2ccccc2)CC1. The van der Waals surface area contributed by atoms with Crippen LogP contribution in [0.4, 0.5) is 5.69 Å². The first-order valence-corrected chi connectivity index (χ1v) is 11.0. The number of esters is 1. The van der Waals surface area contributed by atoms with Crippen LogP contribution in [0.5, 0.6) is 0 Å². The second kappa shape index (κ2) is 9.10. The van der Waals surface area contributed by atoms with E-state index in [9.17, 15) is 14.7 Å². The van der Waals surface area contributed by atoms with Crippen molar-refractivity contribution in [2.75, 3.05) is 38.2 Å². The summed E-state index contributed by atoms with van der Waals surface area (Å²) < 4.78 is 5.03. The van der Waals surface area contributed by atoms with E-state index in [0.717, 1.165) is 24.3 Å². The Kier molecular flexibility index (Phi) is 6.28. The van der Waals surface area contributed by atoms with Crippen LogP contribution in [0, 0.1) is 11.8 Å². The van der Waals surface area contributed by atoms with E-state index >= 15 is 0 Å².